The number of hydrogen-bond donors (Lipinski definition) is 2. The van der Waals surface area contributed by atoms with Gasteiger partial charge in [-0.25, -0.2) is 4.98 Å². The second-order valence-electron chi connectivity index (χ2n) is 5.46. The molecule has 0 unspecified atom stereocenters. The van der Waals surface area contributed by atoms with Gasteiger partial charge in [0.2, 0.25) is 0 Å². The van der Waals surface area contributed by atoms with Gasteiger partial charge in [0, 0.05) is 16.6 Å². The third-order valence-electron chi connectivity index (χ3n) is 3.75. The highest BCUT2D eigenvalue weighted by atomic mass is 32.1. The van der Waals surface area contributed by atoms with Crippen molar-refractivity contribution in [2.75, 3.05) is 5.32 Å². The third-order valence-corrected chi connectivity index (χ3v) is 4.84. The maximum atomic E-state index is 12.3. The number of anilines is 1. The van der Waals surface area contributed by atoms with Gasteiger partial charge in [-0.3, -0.25) is 9.89 Å². The van der Waals surface area contributed by atoms with Crippen molar-refractivity contribution in [2.24, 2.45) is 0 Å². The number of thiophene rings is 1. The first kappa shape index (κ1) is 13.9. The highest BCUT2D eigenvalue weighted by Gasteiger charge is 2.17. The van der Waals surface area contributed by atoms with Gasteiger partial charge < -0.3 is 5.32 Å². The van der Waals surface area contributed by atoms with Gasteiger partial charge in [-0.15, -0.1) is 11.3 Å². The molecule has 0 atom stereocenters. The first-order chi connectivity index (χ1) is 11.1. The molecule has 4 rings (SSSR count). The molecule has 0 aliphatic carbocycles. The molecule has 0 fully saturated rings. The molecule has 2 N–H and O–H groups in total. The number of fused-ring (bicyclic) bond motifs is 3. The normalized spacial score (nSPS) is 11.2. The number of hydrogen-bond acceptors (Lipinski definition) is 4. The molecular formula is C17H14N4OS. The molecule has 0 saturated heterocycles. The minimum Gasteiger partial charge on any atom is -0.304 e. The zero-order valence-electron chi connectivity index (χ0n) is 12.7. The zero-order valence-corrected chi connectivity index (χ0v) is 13.5. The van der Waals surface area contributed by atoms with Crippen molar-refractivity contribution >= 4 is 43.5 Å². The number of aromatic amines is 1. The monoisotopic (exact) mass is 322 g/mol. The van der Waals surface area contributed by atoms with Gasteiger partial charge in [0.1, 0.15) is 4.83 Å². The van der Waals surface area contributed by atoms with Gasteiger partial charge in [0.05, 0.1) is 10.2 Å². The van der Waals surface area contributed by atoms with Crippen molar-refractivity contribution in [3.63, 3.8) is 0 Å². The van der Waals surface area contributed by atoms with Gasteiger partial charge in [-0.2, -0.15) is 5.10 Å². The van der Waals surface area contributed by atoms with Crippen LogP contribution in [0.1, 0.15) is 21.6 Å². The highest BCUT2D eigenvalue weighted by Crippen LogP contribution is 2.37. The van der Waals surface area contributed by atoms with Crippen molar-refractivity contribution < 1.29 is 4.79 Å². The van der Waals surface area contributed by atoms with Crippen molar-refractivity contribution in [3.05, 3.63) is 53.2 Å². The van der Waals surface area contributed by atoms with Crippen LogP contribution in [0, 0.1) is 13.8 Å². The number of aryl methyl sites for hydroxylation is 2. The summed E-state index contributed by atoms with van der Waals surface area (Å²) in [5.41, 5.74) is 3.68. The van der Waals surface area contributed by atoms with E-state index in [0.717, 1.165) is 31.7 Å². The van der Waals surface area contributed by atoms with Crippen molar-refractivity contribution in [1.82, 2.24) is 15.2 Å². The van der Waals surface area contributed by atoms with Crippen LogP contribution >= 0.6 is 11.3 Å². The Morgan fingerprint density at radius 2 is 2.00 bits per heavy atom. The maximum absolute atomic E-state index is 12.3. The molecule has 0 radical (unpaired) electrons. The number of H-pyrrole nitrogens is 1. The summed E-state index contributed by atoms with van der Waals surface area (Å²) in [5.74, 6) is 0.381. The molecule has 5 nitrogen and oxygen atoms in total. The van der Waals surface area contributed by atoms with Crippen LogP contribution in [0.15, 0.2) is 36.4 Å². The summed E-state index contributed by atoms with van der Waals surface area (Å²) in [4.78, 5) is 17.9. The van der Waals surface area contributed by atoms with Crippen molar-refractivity contribution in [3.8, 4) is 0 Å². The molecular weight excluding hydrogens is 308 g/mol. The van der Waals surface area contributed by atoms with Crippen LogP contribution in [0.4, 0.5) is 5.82 Å². The van der Waals surface area contributed by atoms with E-state index < -0.39 is 0 Å². The Morgan fingerprint density at radius 3 is 2.78 bits per heavy atom. The topological polar surface area (TPSA) is 70.7 Å². The highest BCUT2D eigenvalue weighted by molar-refractivity contribution is 7.26. The van der Waals surface area contributed by atoms with E-state index in [1.54, 1.807) is 23.5 Å². The third kappa shape index (κ3) is 2.27. The molecule has 114 valence electrons. The van der Waals surface area contributed by atoms with Crippen LogP contribution in [-0.4, -0.2) is 21.1 Å². The standard InChI is InChI=1S/C17H14N4OS/c1-9-8-10(2)18-17-12(9)13-14(23-17)15(21-20-13)19-16(22)11-6-4-3-5-7-11/h3-8H,1-2H3,(H2,19,20,21,22). The van der Waals surface area contributed by atoms with Gasteiger partial charge in [0.25, 0.3) is 5.91 Å². The van der Waals surface area contributed by atoms with Crippen LogP contribution in [0.25, 0.3) is 20.4 Å². The van der Waals surface area contributed by atoms with Crippen molar-refractivity contribution in [1.29, 1.82) is 0 Å². The summed E-state index contributed by atoms with van der Waals surface area (Å²) < 4.78 is 0.922. The van der Waals surface area contributed by atoms with Crippen LogP contribution in [0.5, 0.6) is 0 Å². The minimum atomic E-state index is -0.169. The smallest absolute Gasteiger partial charge is 0.256 e. The van der Waals surface area contributed by atoms with Gasteiger partial charge in [-0.1, -0.05) is 18.2 Å². The molecule has 0 aliphatic heterocycles. The van der Waals surface area contributed by atoms with E-state index >= 15 is 0 Å². The molecule has 6 heteroatoms. The van der Waals surface area contributed by atoms with Crippen molar-refractivity contribution in [2.45, 2.75) is 13.8 Å². The maximum Gasteiger partial charge on any atom is 0.256 e. The number of carbonyl (C=O) groups excluding carboxylic acids is 1. The first-order valence-corrected chi connectivity index (χ1v) is 8.06. The lowest BCUT2D eigenvalue weighted by Gasteiger charge is -2.01. The minimum absolute atomic E-state index is 0.169. The van der Waals surface area contributed by atoms with Gasteiger partial charge >= 0.3 is 0 Å². The van der Waals surface area contributed by atoms with Gasteiger partial charge in [-0.05, 0) is 37.6 Å². The fraction of sp³-hybridized carbons (Fsp3) is 0.118. The Bertz CT molecular complexity index is 1030. The van der Waals surface area contributed by atoms with Crippen LogP contribution in [0.2, 0.25) is 0 Å². The number of carbonyl (C=O) groups is 1. The lowest BCUT2D eigenvalue weighted by molar-refractivity contribution is 0.102. The van der Waals surface area contributed by atoms with E-state index in [-0.39, 0.29) is 5.91 Å². The van der Waals surface area contributed by atoms with E-state index in [9.17, 15) is 4.79 Å². The average Bonchev–Trinajstić information content (AvgIpc) is 3.07. The molecule has 3 heterocycles. The number of nitrogens with one attached hydrogen (secondary N) is 2. The number of aromatic nitrogens is 3. The number of rotatable bonds is 2. The Morgan fingerprint density at radius 1 is 1.22 bits per heavy atom. The quantitative estimate of drug-likeness (QED) is 0.585. The predicted octanol–water partition coefficient (Wildman–Crippen LogP) is 4.04. The van der Waals surface area contributed by atoms with E-state index in [0.29, 0.717) is 11.4 Å². The molecule has 0 spiro atoms. The Kier molecular flexibility index (Phi) is 3.12. The number of nitrogens with zero attached hydrogens (tertiary/aromatic N) is 2. The number of pyridine rings is 1. The van der Waals surface area contributed by atoms with Gasteiger partial charge in [0.15, 0.2) is 5.82 Å². The van der Waals surface area contributed by atoms with E-state index in [1.807, 2.05) is 25.1 Å². The Balaban J connectivity index is 1.80. The van der Waals surface area contributed by atoms with E-state index in [4.69, 9.17) is 0 Å². The lowest BCUT2D eigenvalue weighted by atomic mass is 10.1. The molecule has 0 bridgehead atoms. The van der Waals surface area contributed by atoms with Crippen LogP contribution < -0.4 is 5.32 Å². The van der Waals surface area contributed by atoms with Crippen LogP contribution in [0.3, 0.4) is 0 Å². The molecule has 1 amide bonds. The SMILES string of the molecule is Cc1cc(C)c2c(n1)sc1c(NC(=O)c3ccccc3)n[nH]c12. The summed E-state index contributed by atoms with van der Waals surface area (Å²) >= 11 is 1.54. The second kappa shape index (κ2) is 5.17. The van der Waals surface area contributed by atoms with Crippen LogP contribution in [-0.2, 0) is 0 Å². The molecule has 1 aromatic carbocycles. The summed E-state index contributed by atoms with van der Waals surface area (Å²) in [5, 5.41) is 11.2. The second-order valence-corrected chi connectivity index (χ2v) is 6.46. The number of amides is 1. The Hall–Kier alpha value is -2.73. The fourth-order valence-corrected chi connectivity index (χ4v) is 3.92. The molecule has 3 aromatic heterocycles. The summed E-state index contributed by atoms with van der Waals surface area (Å²) in [6.45, 7) is 4.04. The molecule has 23 heavy (non-hydrogen) atoms. The summed E-state index contributed by atoms with van der Waals surface area (Å²) in [7, 11) is 0. The molecule has 4 aromatic rings. The Labute approximate surface area is 136 Å². The lowest BCUT2D eigenvalue weighted by Crippen LogP contribution is -2.11. The molecule has 0 saturated carbocycles. The summed E-state index contributed by atoms with van der Waals surface area (Å²) in [6.07, 6.45) is 0. The fourth-order valence-electron chi connectivity index (χ4n) is 2.73. The largest absolute Gasteiger partial charge is 0.304 e. The number of benzene rings is 1. The zero-order chi connectivity index (χ0) is 16.0. The van der Waals surface area contributed by atoms with E-state index in [1.165, 1.54) is 0 Å². The summed E-state index contributed by atoms with van der Waals surface area (Å²) in [6, 6.07) is 11.2. The average molecular weight is 322 g/mol. The van der Waals surface area contributed by atoms with E-state index in [2.05, 4.69) is 33.5 Å². The molecule has 0 aliphatic rings. The first-order valence-electron chi connectivity index (χ1n) is 7.24. The predicted molar refractivity (Wildman–Crippen MR) is 93.1 cm³/mol.